The van der Waals surface area contributed by atoms with Crippen LogP contribution in [-0.4, -0.2) is 71.0 Å². The first-order chi connectivity index (χ1) is 13.1. The summed E-state index contributed by atoms with van der Waals surface area (Å²) in [5.74, 6) is 0.695. The fourth-order valence-electron chi connectivity index (χ4n) is 2.98. The number of carbonyl (C=O) groups is 2. The summed E-state index contributed by atoms with van der Waals surface area (Å²) in [6.45, 7) is 4.44. The normalized spacial score (nSPS) is 16.1. The van der Waals surface area contributed by atoms with Gasteiger partial charge < -0.3 is 20.5 Å². The van der Waals surface area contributed by atoms with Gasteiger partial charge in [0.25, 0.3) is 0 Å². The van der Waals surface area contributed by atoms with Gasteiger partial charge in [-0.1, -0.05) is 35.5 Å². The lowest BCUT2D eigenvalue weighted by Crippen LogP contribution is -2.51. The molecule has 0 saturated carbocycles. The molecule has 27 heavy (non-hydrogen) atoms. The first-order valence-corrected chi connectivity index (χ1v) is 8.96. The van der Waals surface area contributed by atoms with Gasteiger partial charge in [-0.2, -0.15) is 4.98 Å². The Morgan fingerprint density at radius 3 is 2.59 bits per heavy atom. The third-order valence-corrected chi connectivity index (χ3v) is 4.67. The molecule has 0 spiro atoms. The number of hydrogen-bond donors (Lipinski definition) is 2. The monoisotopic (exact) mass is 372 g/mol. The summed E-state index contributed by atoms with van der Waals surface area (Å²) >= 11 is 0. The van der Waals surface area contributed by atoms with E-state index in [9.17, 15) is 9.59 Å². The van der Waals surface area contributed by atoms with E-state index in [0.29, 0.717) is 37.9 Å². The summed E-state index contributed by atoms with van der Waals surface area (Å²) in [7, 11) is 0. The summed E-state index contributed by atoms with van der Waals surface area (Å²) in [6, 6.07) is 9.64. The van der Waals surface area contributed by atoms with Crippen molar-refractivity contribution in [1.29, 1.82) is 0 Å². The predicted molar refractivity (Wildman–Crippen MR) is 98.4 cm³/mol. The Hall–Kier alpha value is -2.78. The van der Waals surface area contributed by atoms with Crippen molar-refractivity contribution in [2.75, 3.05) is 39.3 Å². The molecule has 2 heterocycles. The molecule has 1 fully saturated rings. The molecule has 1 unspecified atom stereocenters. The van der Waals surface area contributed by atoms with Gasteiger partial charge in [-0.3, -0.25) is 14.5 Å². The Bertz CT molecular complexity index is 770. The molecule has 0 bridgehead atoms. The lowest BCUT2D eigenvalue weighted by atomic mass is 10.2. The highest BCUT2D eigenvalue weighted by atomic mass is 16.5. The fourth-order valence-corrected chi connectivity index (χ4v) is 2.98. The van der Waals surface area contributed by atoms with Crippen LogP contribution < -0.4 is 11.1 Å². The van der Waals surface area contributed by atoms with Crippen LogP contribution in [-0.2, 0) is 9.59 Å². The number of nitrogens with zero attached hydrogens (tertiary/aromatic N) is 4. The molecule has 1 saturated heterocycles. The quantitative estimate of drug-likeness (QED) is 0.734. The topological polar surface area (TPSA) is 118 Å². The zero-order valence-electron chi connectivity index (χ0n) is 15.3. The minimum Gasteiger partial charge on any atom is -0.346 e. The maximum Gasteiger partial charge on any atom is 0.244 e. The van der Waals surface area contributed by atoms with Gasteiger partial charge in [0.05, 0.1) is 19.1 Å². The van der Waals surface area contributed by atoms with Crippen LogP contribution in [0, 0.1) is 0 Å². The molecular weight excluding hydrogens is 348 g/mol. The maximum atomic E-state index is 12.1. The minimum atomic E-state index is -0.332. The van der Waals surface area contributed by atoms with E-state index in [1.165, 1.54) is 0 Å². The summed E-state index contributed by atoms with van der Waals surface area (Å²) in [5.41, 5.74) is 6.13. The number of hydrogen-bond acceptors (Lipinski definition) is 7. The van der Waals surface area contributed by atoms with Gasteiger partial charge in [-0.25, -0.2) is 0 Å². The Labute approximate surface area is 157 Å². The Morgan fingerprint density at radius 1 is 1.22 bits per heavy atom. The van der Waals surface area contributed by atoms with Crippen molar-refractivity contribution < 1.29 is 14.1 Å². The van der Waals surface area contributed by atoms with Crippen LogP contribution in [0.3, 0.4) is 0 Å². The molecule has 1 aromatic carbocycles. The predicted octanol–water partition coefficient (Wildman–Crippen LogP) is 0.0167. The second-order valence-electron chi connectivity index (χ2n) is 6.40. The molecular formula is C18H24N6O3. The third-order valence-electron chi connectivity index (χ3n) is 4.67. The Kier molecular flexibility index (Phi) is 6.15. The van der Waals surface area contributed by atoms with Crippen molar-refractivity contribution >= 4 is 11.8 Å². The highest BCUT2D eigenvalue weighted by molar-refractivity contribution is 5.85. The summed E-state index contributed by atoms with van der Waals surface area (Å²) in [5, 5.41) is 6.57. The van der Waals surface area contributed by atoms with Gasteiger partial charge >= 0.3 is 0 Å². The minimum absolute atomic E-state index is 0.0182. The van der Waals surface area contributed by atoms with E-state index in [0.717, 1.165) is 5.56 Å². The largest absolute Gasteiger partial charge is 0.346 e. The number of nitrogens with one attached hydrogen (secondary N) is 1. The van der Waals surface area contributed by atoms with Gasteiger partial charge in [-0.15, -0.1) is 0 Å². The number of amides is 2. The fraction of sp³-hybridized carbons (Fsp3) is 0.444. The number of aromatic nitrogens is 2. The number of rotatable bonds is 6. The van der Waals surface area contributed by atoms with E-state index in [-0.39, 0.29) is 30.9 Å². The van der Waals surface area contributed by atoms with Gasteiger partial charge in [0.1, 0.15) is 0 Å². The summed E-state index contributed by atoms with van der Waals surface area (Å²) < 4.78 is 5.44. The Balaban J connectivity index is 1.53. The van der Waals surface area contributed by atoms with E-state index in [2.05, 4.69) is 20.4 Å². The van der Waals surface area contributed by atoms with Gasteiger partial charge in [-0.05, 0) is 6.92 Å². The summed E-state index contributed by atoms with van der Waals surface area (Å²) in [4.78, 5) is 31.7. The van der Waals surface area contributed by atoms with Crippen molar-refractivity contribution in [2.24, 2.45) is 5.73 Å². The van der Waals surface area contributed by atoms with Crippen molar-refractivity contribution in [2.45, 2.75) is 13.0 Å². The van der Waals surface area contributed by atoms with Gasteiger partial charge in [0, 0.05) is 31.7 Å². The van der Waals surface area contributed by atoms with E-state index < -0.39 is 0 Å². The zero-order valence-corrected chi connectivity index (χ0v) is 15.3. The molecule has 9 nitrogen and oxygen atoms in total. The standard InChI is InChI=1S/C18H24N6O3/c1-13(18-21-17(22-27-18)14-5-3-2-4-6-14)23-7-9-24(10-8-23)16(26)12-20-15(25)11-19/h2-6,13H,7-12,19H2,1H3,(H,20,25). The molecule has 0 aliphatic carbocycles. The second kappa shape index (κ2) is 8.74. The first-order valence-electron chi connectivity index (χ1n) is 8.96. The zero-order chi connectivity index (χ0) is 19.2. The van der Waals surface area contributed by atoms with Crippen LogP contribution in [0.25, 0.3) is 11.4 Å². The molecule has 9 heteroatoms. The smallest absolute Gasteiger partial charge is 0.244 e. The molecule has 144 valence electrons. The van der Waals surface area contributed by atoms with Crippen LogP contribution in [0.4, 0.5) is 0 Å². The third kappa shape index (κ3) is 4.69. The van der Waals surface area contributed by atoms with E-state index in [4.69, 9.17) is 10.3 Å². The second-order valence-corrected chi connectivity index (χ2v) is 6.40. The molecule has 1 aromatic heterocycles. The van der Waals surface area contributed by atoms with E-state index >= 15 is 0 Å². The highest BCUT2D eigenvalue weighted by Gasteiger charge is 2.27. The molecule has 3 N–H and O–H groups in total. The molecule has 2 amide bonds. The molecule has 0 radical (unpaired) electrons. The Morgan fingerprint density at radius 2 is 1.93 bits per heavy atom. The van der Waals surface area contributed by atoms with E-state index in [1.54, 1.807) is 4.90 Å². The molecule has 1 atom stereocenters. The van der Waals surface area contributed by atoms with Crippen LogP contribution in [0.5, 0.6) is 0 Å². The molecule has 1 aliphatic heterocycles. The molecule has 3 rings (SSSR count). The van der Waals surface area contributed by atoms with Gasteiger partial charge in [0.2, 0.25) is 23.5 Å². The average Bonchev–Trinajstić information content (AvgIpc) is 3.22. The molecule has 1 aliphatic rings. The first kappa shape index (κ1) is 19.0. The van der Waals surface area contributed by atoms with Crippen LogP contribution in [0.15, 0.2) is 34.9 Å². The van der Waals surface area contributed by atoms with Crippen molar-refractivity contribution in [3.63, 3.8) is 0 Å². The maximum absolute atomic E-state index is 12.1. The van der Waals surface area contributed by atoms with Crippen LogP contribution in [0.2, 0.25) is 0 Å². The van der Waals surface area contributed by atoms with Crippen LogP contribution >= 0.6 is 0 Å². The van der Waals surface area contributed by atoms with Gasteiger partial charge in [0.15, 0.2) is 0 Å². The highest BCUT2D eigenvalue weighted by Crippen LogP contribution is 2.23. The van der Waals surface area contributed by atoms with Crippen molar-refractivity contribution in [1.82, 2.24) is 25.3 Å². The number of nitrogens with two attached hydrogens (primary N) is 1. The van der Waals surface area contributed by atoms with E-state index in [1.807, 2.05) is 37.3 Å². The number of piperazine rings is 1. The van der Waals surface area contributed by atoms with Crippen molar-refractivity contribution in [3.8, 4) is 11.4 Å². The lowest BCUT2D eigenvalue weighted by Gasteiger charge is -2.36. The van der Waals surface area contributed by atoms with Crippen molar-refractivity contribution in [3.05, 3.63) is 36.2 Å². The lowest BCUT2D eigenvalue weighted by molar-refractivity contribution is -0.134. The van der Waals surface area contributed by atoms with Crippen LogP contribution in [0.1, 0.15) is 18.9 Å². The molecule has 2 aromatic rings. The number of carbonyl (C=O) groups excluding carboxylic acids is 2. The summed E-state index contributed by atoms with van der Waals surface area (Å²) in [6.07, 6.45) is 0. The average molecular weight is 372 g/mol. The number of benzene rings is 1. The SMILES string of the molecule is CC(c1nc(-c2ccccc2)no1)N1CCN(C(=O)CNC(=O)CN)CC1.